The highest BCUT2D eigenvalue weighted by Gasteiger charge is 2.06. The number of rotatable bonds is 6. The number of ether oxygens (including phenoxy) is 1. The summed E-state index contributed by atoms with van der Waals surface area (Å²) in [6, 6.07) is 21.0. The third kappa shape index (κ3) is 4.44. The van der Waals surface area contributed by atoms with Gasteiger partial charge in [0.15, 0.2) is 0 Å². The third-order valence-electron chi connectivity index (χ3n) is 3.99. The van der Waals surface area contributed by atoms with Crippen molar-refractivity contribution in [2.45, 2.75) is 6.61 Å². The summed E-state index contributed by atoms with van der Waals surface area (Å²) in [5, 5.41) is 6.20. The number of hydrazone groups is 1. The number of anilines is 1. The lowest BCUT2D eigenvalue weighted by atomic mass is 10.2. The normalized spacial score (nSPS) is 11.2. The Hall–Kier alpha value is -2.60. The first-order valence-electron chi connectivity index (χ1n) is 8.49. The van der Waals surface area contributed by atoms with Crippen molar-refractivity contribution in [1.29, 1.82) is 0 Å². The van der Waals surface area contributed by atoms with Crippen LogP contribution in [0.5, 0.6) is 5.75 Å². The van der Waals surface area contributed by atoms with Crippen LogP contribution >= 0.6 is 34.5 Å². The minimum atomic E-state index is 0.311. The first kappa shape index (κ1) is 18.7. The molecule has 3 aromatic carbocycles. The summed E-state index contributed by atoms with van der Waals surface area (Å²) in [6.07, 6.45) is 1.74. The molecule has 1 aromatic heterocycles. The maximum Gasteiger partial charge on any atom is 0.204 e. The largest absolute Gasteiger partial charge is 0.489 e. The van der Waals surface area contributed by atoms with E-state index in [1.54, 1.807) is 29.7 Å². The predicted octanol–water partition coefficient (Wildman–Crippen LogP) is 6.63. The van der Waals surface area contributed by atoms with E-state index in [2.05, 4.69) is 15.5 Å². The first-order chi connectivity index (χ1) is 13.7. The van der Waals surface area contributed by atoms with Gasteiger partial charge in [-0.05, 0) is 54.1 Å². The summed E-state index contributed by atoms with van der Waals surface area (Å²) in [6.45, 7) is 0.311. The van der Waals surface area contributed by atoms with E-state index < -0.39 is 0 Å². The van der Waals surface area contributed by atoms with Crippen molar-refractivity contribution in [1.82, 2.24) is 4.98 Å². The average Bonchev–Trinajstić information content (AvgIpc) is 3.11. The standard InChI is InChI=1S/C21H15Cl2N3OS/c22-17-4-3-5-18(23)16(17)13-27-15-10-8-14(9-11-15)12-24-26-21-25-19-6-1-2-7-20(19)28-21/h1-12H,13H2,(H,25,26)/b24-12-. The molecule has 0 fully saturated rings. The van der Waals surface area contributed by atoms with Crippen LogP contribution < -0.4 is 10.2 Å². The molecule has 0 unspecified atom stereocenters. The van der Waals surface area contributed by atoms with Crippen LogP contribution in [0.1, 0.15) is 11.1 Å². The molecule has 0 radical (unpaired) electrons. The topological polar surface area (TPSA) is 46.5 Å². The molecule has 4 aromatic rings. The van der Waals surface area contributed by atoms with Crippen LogP contribution in [0, 0.1) is 0 Å². The second-order valence-corrected chi connectivity index (χ2v) is 7.76. The maximum atomic E-state index is 6.16. The van der Waals surface area contributed by atoms with E-state index in [0.717, 1.165) is 32.2 Å². The lowest BCUT2D eigenvalue weighted by molar-refractivity contribution is 0.306. The number of aromatic nitrogens is 1. The third-order valence-corrected chi connectivity index (χ3v) is 5.64. The van der Waals surface area contributed by atoms with Gasteiger partial charge in [-0.25, -0.2) is 4.98 Å². The number of nitrogens with zero attached hydrogens (tertiary/aromatic N) is 2. The Morgan fingerprint density at radius 2 is 1.71 bits per heavy atom. The van der Waals surface area contributed by atoms with Gasteiger partial charge in [-0.1, -0.05) is 52.7 Å². The highest BCUT2D eigenvalue weighted by Crippen LogP contribution is 2.26. The Morgan fingerprint density at radius 1 is 0.964 bits per heavy atom. The van der Waals surface area contributed by atoms with Crippen molar-refractivity contribution in [2.75, 3.05) is 5.43 Å². The number of halogens is 2. The van der Waals surface area contributed by atoms with E-state index >= 15 is 0 Å². The predicted molar refractivity (Wildman–Crippen MR) is 118 cm³/mol. The fourth-order valence-corrected chi connectivity index (χ4v) is 3.88. The van der Waals surface area contributed by atoms with Gasteiger partial charge in [-0.15, -0.1) is 0 Å². The molecular formula is C21H15Cl2N3OS. The van der Waals surface area contributed by atoms with E-state index in [4.69, 9.17) is 27.9 Å². The van der Waals surface area contributed by atoms with Crippen molar-refractivity contribution in [3.05, 3.63) is 87.9 Å². The van der Waals surface area contributed by atoms with Crippen LogP contribution in [-0.4, -0.2) is 11.2 Å². The van der Waals surface area contributed by atoms with Crippen LogP contribution in [0.2, 0.25) is 10.0 Å². The van der Waals surface area contributed by atoms with E-state index in [1.807, 2.05) is 54.6 Å². The summed E-state index contributed by atoms with van der Waals surface area (Å²) in [5.74, 6) is 0.729. The van der Waals surface area contributed by atoms with Crippen molar-refractivity contribution in [2.24, 2.45) is 5.10 Å². The molecule has 0 saturated heterocycles. The molecule has 7 heteroatoms. The zero-order valence-electron chi connectivity index (χ0n) is 14.6. The maximum absolute atomic E-state index is 6.16. The number of fused-ring (bicyclic) bond motifs is 1. The second kappa shape index (κ2) is 8.61. The Morgan fingerprint density at radius 3 is 2.46 bits per heavy atom. The molecule has 0 aliphatic heterocycles. The van der Waals surface area contributed by atoms with E-state index in [-0.39, 0.29) is 0 Å². The van der Waals surface area contributed by atoms with Gasteiger partial charge in [0.2, 0.25) is 5.13 Å². The van der Waals surface area contributed by atoms with Gasteiger partial charge >= 0.3 is 0 Å². The zero-order valence-corrected chi connectivity index (χ0v) is 16.9. The van der Waals surface area contributed by atoms with Gasteiger partial charge in [0, 0.05) is 15.6 Å². The molecule has 0 atom stereocenters. The quantitative estimate of drug-likeness (QED) is 0.277. The first-order valence-corrected chi connectivity index (χ1v) is 10.1. The number of hydrogen-bond donors (Lipinski definition) is 1. The molecule has 1 N–H and O–H groups in total. The van der Waals surface area contributed by atoms with Crippen LogP contribution in [0.15, 0.2) is 71.8 Å². The highest BCUT2D eigenvalue weighted by molar-refractivity contribution is 7.22. The van der Waals surface area contributed by atoms with E-state index in [9.17, 15) is 0 Å². The molecule has 0 aliphatic rings. The zero-order chi connectivity index (χ0) is 19.3. The number of nitrogens with one attached hydrogen (secondary N) is 1. The number of benzene rings is 3. The summed E-state index contributed by atoms with van der Waals surface area (Å²) < 4.78 is 6.90. The van der Waals surface area contributed by atoms with Crippen molar-refractivity contribution in [3.63, 3.8) is 0 Å². The number of para-hydroxylation sites is 1. The van der Waals surface area contributed by atoms with Crippen LogP contribution in [0.3, 0.4) is 0 Å². The summed E-state index contributed by atoms with van der Waals surface area (Å²) in [7, 11) is 0. The fourth-order valence-electron chi connectivity index (χ4n) is 2.56. The Labute approximate surface area is 176 Å². The summed E-state index contributed by atoms with van der Waals surface area (Å²) >= 11 is 13.9. The van der Waals surface area contributed by atoms with Crippen molar-refractivity contribution >= 4 is 56.1 Å². The molecule has 0 bridgehead atoms. The SMILES string of the molecule is Clc1cccc(Cl)c1COc1ccc(/C=N\Nc2nc3ccccc3s2)cc1. The monoisotopic (exact) mass is 427 g/mol. The van der Waals surface area contributed by atoms with Gasteiger partial charge in [0.05, 0.1) is 16.4 Å². The molecule has 0 spiro atoms. The van der Waals surface area contributed by atoms with Gasteiger partial charge in [-0.2, -0.15) is 5.10 Å². The fraction of sp³-hybridized carbons (Fsp3) is 0.0476. The highest BCUT2D eigenvalue weighted by atomic mass is 35.5. The van der Waals surface area contributed by atoms with E-state index in [1.165, 1.54) is 0 Å². The lowest BCUT2D eigenvalue weighted by Gasteiger charge is -2.09. The molecule has 28 heavy (non-hydrogen) atoms. The molecule has 140 valence electrons. The summed E-state index contributed by atoms with van der Waals surface area (Å²) in [4.78, 5) is 4.48. The number of thiazole rings is 1. The molecule has 1 heterocycles. The molecule has 0 amide bonds. The molecule has 4 nitrogen and oxygen atoms in total. The van der Waals surface area contributed by atoms with Crippen LogP contribution in [0.25, 0.3) is 10.2 Å². The van der Waals surface area contributed by atoms with Gasteiger partial charge in [0.1, 0.15) is 12.4 Å². The van der Waals surface area contributed by atoms with E-state index in [0.29, 0.717) is 16.7 Å². The molecular weight excluding hydrogens is 413 g/mol. The lowest BCUT2D eigenvalue weighted by Crippen LogP contribution is -1.97. The minimum absolute atomic E-state index is 0.311. The smallest absolute Gasteiger partial charge is 0.204 e. The molecule has 0 saturated carbocycles. The number of hydrogen-bond acceptors (Lipinski definition) is 5. The van der Waals surface area contributed by atoms with Crippen molar-refractivity contribution in [3.8, 4) is 5.75 Å². The van der Waals surface area contributed by atoms with Gasteiger partial charge in [-0.3, -0.25) is 5.43 Å². The molecule has 4 rings (SSSR count). The average molecular weight is 428 g/mol. The Kier molecular flexibility index (Phi) is 5.76. The minimum Gasteiger partial charge on any atom is -0.489 e. The summed E-state index contributed by atoms with van der Waals surface area (Å²) in [5.41, 5.74) is 5.65. The second-order valence-electron chi connectivity index (χ2n) is 5.91. The van der Waals surface area contributed by atoms with Gasteiger partial charge < -0.3 is 4.74 Å². The molecule has 0 aliphatic carbocycles. The van der Waals surface area contributed by atoms with Crippen LogP contribution in [0.4, 0.5) is 5.13 Å². The van der Waals surface area contributed by atoms with Crippen LogP contribution in [-0.2, 0) is 6.61 Å². The Bertz CT molecular complexity index is 1070. The Balaban J connectivity index is 1.35. The van der Waals surface area contributed by atoms with Gasteiger partial charge in [0.25, 0.3) is 0 Å². The van der Waals surface area contributed by atoms with Crippen molar-refractivity contribution < 1.29 is 4.74 Å².